The molecule has 0 aliphatic carbocycles. The van der Waals surface area contributed by atoms with Gasteiger partial charge in [0.25, 0.3) is 0 Å². The lowest BCUT2D eigenvalue weighted by molar-refractivity contribution is 0.414. The maximum absolute atomic E-state index is 11.1. The van der Waals surface area contributed by atoms with Crippen molar-refractivity contribution in [1.29, 1.82) is 0 Å². The topological polar surface area (TPSA) is 81.4 Å². The van der Waals surface area contributed by atoms with Gasteiger partial charge in [0.15, 0.2) is 0 Å². The summed E-state index contributed by atoms with van der Waals surface area (Å²) in [6.45, 7) is 0. The van der Waals surface area contributed by atoms with Crippen LogP contribution in [0.4, 0.5) is 0 Å². The summed E-state index contributed by atoms with van der Waals surface area (Å²) in [5.74, 6) is 6.37. The number of hydrazine groups is 1. The Morgan fingerprint density at radius 1 is 1.33 bits per heavy atom. The highest BCUT2D eigenvalue weighted by molar-refractivity contribution is 7.90. The van der Waals surface area contributed by atoms with E-state index >= 15 is 0 Å². The zero-order chi connectivity index (χ0) is 13.6. The summed E-state index contributed by atoms with van der Waals surface area (Å²) in [6, 6.07) is 7.60. The quantitative estimate of drug-likeness (QED) is 0.558. The Morgan fingerprint density at radius 2 is 1.94 bits per heavy atom. The summed E-state index contributed by atoms with van der Waals surface area (Å²) in [4.78, 5) is 0. The van der Waals surface area contributed by atoms with E-state index in [0.29, 0.717) is 12.8 Å². The number of nitrogens with two attached hydrogens (primary N) is 1. The number of rotatable bonds is 7. The minimum atomic E-state index is -2.95. The molecule has 102 valence electrons. The third-order valence-electron chi connectivity index (χ3n) is 2.71. The number of methoxy groups -OCH3 is 1. The summed E-state index contributed by atoms with van der Waals surface area (Å²) in [7, 11) is -1.33. The molecule has 1 aromatic rings. The highest BCUT2D eigenvalue weighted by atomic mass is 32.2. The molecule has 6 heteroatoms. The highest BCUT2D eigenvalue weighted by Crippen LogP contribution is 2.13. The van der Waals surface area contributed by atoms with Gasteiger partial charge in [-0.2, -0.15) is 0 Å². The minimum absolute atomic E-state index is 0.0480. The summed E-state index contributed by atoms with van der Waals surface area (Å²) in [5.41, 5.74) is 3.75. The summed E-state index contributed by atoms with van der Waals surface area (Å²) >= 11 is 0. The average molecular weight is 272 g/mol. The normalized spacial score (nSPS) is 13.3. The van der Waals surface area contributed by atoms with E-state index in [2.05, 4.69) is 5.43 Å². The third kappa shape index (κ3) is 5.48. The molecule has 18 heavy (non-hydrogen) atoms. The van der Waals surface area contributed by atoms with Gasteiger partial charge in [0.1, 0.15) is 15.6 Å². The first-order valence-electron chi connectivity index (χ1n) is 5.71. The highest BCUT2D eigenvalue weighted by Gasteiger charge is 2.11. The van der Waals surface area contributed by atoms with Crippen molar-refractivity contribution in [3.63, 3.8) is 0 Å². The van der Waals surface area contributed by atoms with Crippen LogP contribution in [0.15, 0.2) is 24.3 Å². The van der Waals surface area contributed by atoms with E-state index < -0.39 is 9.84 Å². The molecule has 0 fully saturated rings. The second-order valence-corrected chi connectivity index (χ2v) is 6.59. The molecule has 0 aromatic heterocycles. The van der Waals surface area contributed by atoms with Crippen molar-refractivity contribution < 1.29 is 13.2 Å². The lowest BCUT2D eigenvalue weighted by atomic mass is 10.0. The Balaban J connectivity index is 2.56. The molecular weight excluding hydrogens is 252 g/mol. The number of ether oxygens (including phenoxy) is 1. The van der Waals surface area contributed by atoms with Gasteiger partial charge in [0.05, 0.1) is 12.9 Å². The molecule has 0 saturated carbocycles. The molecule has 0 saturated heterocycles. The van der Waals surface area contributed by atoms with Gasteiger partial charge < -0.3 is 4.74 Å². The summed E-state index contributed by atoms with van der Waals surface area (Å²) < 4.78 is 27.3. The van der Waals surface area contributed by atoms with Gasteiger partial charge in [0.2, 0.25) is 0 Å². The van der Waals surface area contributed by atoms with Crippen LogP contribution in [0.5, 0.6) is 5.75 Å². The molecule has 5 nitrogen and oxygen atoms in total. The van der Waals surface area contributed by atoms with Crippen LogP contribution in [0.3, 0.4) is 0 Å². The minimum Gasteiger partial charge on any atom is -0.497 e. The predicted molar refractivity (Wildman–Crippen MR) is 72.1 cm³/mol. The molecule has 1 unspecified atom stereocenters. The standard InChI is InChI=1S/C12H20N2O3S/c1-17-12-5-3-10(4-6-12)9-11(14-13)7-8-18(2,15)16/h3-6,11,14H,7-9,13H2,1-2H3. The molecule has 1 aromatic carbocycles. The van der Waals surface area contributed by atoms with Crippen LogP contribution < -0.4 is 16.0 Å². The number of sulfone groups is 1. The molecule has 1 rings (SSSR count). The van der Waals surface area contributed by atoms with Crippen LogP contribution in [-0.4, -0.2) is 33.6 Å². The first kappa shape index (κ1) is 14.9. The Bertz CT molecular complexity index is 457. The zero-order valence-corrected chi connectivity index (χ0v) is 11.5. The smallest absolute Gasteiger partial charge is 0.147 e. The molecule has 0 aliphatic heterocycles. The van der Waals surface area contributed by atoms with Gasteiger partial charge in [0, 0.05) is 12.3 Å². The summed E-state index contributed by atoms with van der Waals surface area (Å²) in [6.07, 6.45) is 2.42. The lowest BCUT2D eigenvalue weighted by Crippen LogP contribution is -2.38. The molecule has 0 amide bonds. The van der Waals surface area contributed by atoms with Crippen molar-refractivity contribution in [2.45, 2.75) is 18.9 Å². The van der Waals surface area contributed by atoms with Gasteiger partial charge in [-0.1, -0.05) is 12.1 Å². The van der Waals surface area contributed by atoms with Gasteiger partial charge in [-0.05, 0) is 30.5 Å². The maximum Gasteiger partial charge on any atom is 0.147 e. The number of nitrogens with one attached hydrogen (secondary N) is 1. The van der Waals surface area contributed by atoms with Crippen molar-refractivity contribution in [2.24, 2.45) is 5.84 Å². The molecular formula is C12H20N2O3S. The fraction of sp³-hybridized carbons (Fsp3) is 0.500. The zero-order valence-electron chi connectivity index (χ0n) is 10.7. The van der Waals surface area contributed by atoms with E-state index in [1.54, 1.807) is 7.11 Å². The fourth-order valence-corrected chi connectivity index (χ4v) is 2.36. The monoisotopic (exact) mass is 272 g/mol. The molecule has 0 spiro atoms. The second-order valence-electron chi connectivity index (χ2n) is 4.33. The SMILES string of the molecule is COc1ccc(CC(CCS(C)(=O)=O)NN)cc1. The molecule has 0 heterocycles. The lowest BCUT2D eigenvalue weighted by Gasteiger charge is -2.15. The number of benzene rings is 1. The molecule has 0 radical (unpaired) electrons. The van der Waals surface area contributed by atoms with E-state index in [0.717, 1.165) is 11.3 Å². The van der Waals surface area contributed by atoms with Crippen molar-refractivity contribution in [3.05, 3.63) is 29.8 Å². The van der Waals surface area contributed by atoms with E-state index in [1.807, 2.05) is 24.3 Å². The molecule has 0 bridgehead atoms. The van der Waals surface area contributed by atoms with Crippen molar-refractivity contribution in [2.75, 3.05) is 19.1 Å². The second kappa shape index (κ2) is 6.72. The van der Waals surface area contributed by atoms with Crippen LogP contribution in [0.1, 0.15) is 12.0 Å². The van der Waals surface area contributed by atoms with Crippen LogP contribution in [0, 0.1) is 0 Å². The maximum atomic E-state index is 11.1. The first-order chi connectivity index (χ1) is 8.44. The van der Waals surface area contributed by atoms with Gasteiger partial charge >= 0.3 is 0 Å². The van der Waals surface area contributed by atoms with Crippen molar-refractivity contribution >= 4 is 9.84 Å². The van der Waals surface area contributed by atoms with E-state index in [4.69, 9.17) is 10.6 Å². The third-order valence-corrected chi connectivity index (χ3v) is 3.69. The van der Waals surface area contributed by atoms with Crippen LogP contribution >= 0.6 is 0 Å². The summed E-state index contributed by atoms with van der Waals surface area (Å²) in [5, 5.41) is 0. The molecule has 1 atom stereocenters. The van der Waals surface area contributed by atoms with Crippen molar-refractivity contribution in [1.82, 2.24) is 5.43 Å². The van der Waals surface area contributed by atoms with E-state index in [9.17, 15) is 8.42 Å². The van der Waals surface area contributed by atoms with E-state index in [1.165, 1.54) is 6.26 Å². The van der Waals surface area contributed by atoms with Crippen molar-refractivity contribution in [3.8, 4) is 5.75 Å². The molecule has 0 aliphatic rings. The largest absolute Gasteiger partial charge is 0.497 e. The van der Waals surface area contributed by atoms with Gasteiger partial charge in [-0.15, -0.1) is 0 Å². The first-order valence-corrected chi connectivity index (χ1v) is 7.77. The number of hydrogen-bond acceptors (Lipinski definition) is 5. The van der Waals surface area contributed by atoms with Gasteiger partial charge in [-0.25, -0.2) is 8.42 Å². The number of hydrogen-bond donors (Lipinski definition) is 2. The van der Waals surface area contributed by atoms with Crippen LogP contribution in [0.25, 0.3) is 0 Å². The average Bonchev–Trinajstić information content (AvgIpc) is 2.34. The Kier molecular flexibility index (Phi) is 5.58. The van der Waals surface area contributed by atoms with Gasteiger partial charge in [-0.3, -0.25) is 11.3 Å². The fourth-order valence-electron chi connectivity index (χ4n) is 1.65. The van der Waals surface area contributed by atoms with E-state index in [-0.39, 0.29) is 11.8 Å². The Hall–Kier alpha value is -1.11. The molecule has 3 N–H and O–H groups in total. The predicted octanol–water partition coefficient (Wildman–Crippen LogP) is 0.504. The van der Waals surface area contributed by atoms with Crippen LogP contribution in [-0.2, 0) is 16.3 Å². The Morgan fingerprint density at radius 3 is 2.39 bits per heavy atom. The Labute approximate surface area is 108 Å². The van der Waals surface area contributed by atoms with Crippen LogP contribution in [0.2, 0.25) is 0 Å².